The lowest BCUT2D eigenvalue weighted by atomic mass is 9.99. The Morgan fingerprint density at radius 1 is 1.27 bits per heavy atom. The van der Waals surface area contributed by atoms with Crippen LogP contribution in [0.1, 0.15) is 24.0 Å². The normalized spacial score (nSPS) is 26.1. The highest BCUT2D eigenvalue weighted by Crippen LogP contribution is 2.24. The van der Waals surface area contributed by atoms with Gasteiger partial charge in [-0.05, 0) is 42.5 Å². The van der Waals surface area contributed by atoms with E-state index >= 15 is 0 Å². The van der Waals surface area contributed by atoms with Crippen molar-refractivity contribution in [2.24, 2.45) is 0 Å². The molecule has 2 fully saturated rings. The maximum atomic E-state index is 12.6. The molecule has 8 nitrogen and oxygen atoms in total. The fraction of sp³-hybridized carbons (Fsp3) is 0.588. The number of hydrogen-bond donors (Lipinski definition) is 3. The molecule has 3 heterocycles. The summed E-state index contributed by atoms with van der Waals surface area (Å²) in [5.74, 6) is 0.0975. The van der Waals surface area contributed by atoms with E-state index < -0.39 is 10.0 Å². The van der Waals surface area contributed by atoms with E-state index in [0.29, 0.717) is 39.1 Å². The summed E-state index contributed by atoms with van der Waals surface area (Å²) < 4.78 is 33.1. The number of hydrogen-bond acceptors (Lipinski definition) is 6. The van der Waals surface area contributed by atoms with Crippen LogP contribution in [0.5, 0.6) is 0 Å². The van der Waals surface area contributed by atoms with Crippen LogP contribution in [-0.2, 0) is 32.5 Å². The van der Waals surface area contributed by atoms with E-state index in [0.717, 1.165) is 24.1 Å². The summed E-state index contributed by atoms with van der Waals surface area (Å²) in [6, 6.07) is 4.87. The lowest BCUT2D eigenvalue weighted by Gasteiger charge is -2.31. The molecule has 1 aromatic carbocycles. The molecule has 0 radical (unpaired) electrons. The Kier molecular flexibility index (Phi) is 4.98. The summed E-state index contributed by atoms with van der Waals surface area (Å²) in [5.41, 5.74) is 8.00. The minimum Gasteiger partial charge on any atom is -0.380 e. The molecule has 1 aromatic rings. The second-order valence-corrected chi connectivity index (χ2v) is 8.75. The van der Waals surface area contributed by atoms with Crippen LogP contribution in [0.15, 0.2) is 23.1 Å². The van der Waals surface area contributed by atoms with Crippen LogP contribution in [-0.4, -0.2) is 57.6 Å². The number of nitrogens with zero attached hydrogens (tertiary/aromatic N) is 1. The Labute approximate surface area is 153 Å². The van der Waals surface area contributed by atoms with Gasteiger partial charge in [0.2, 0.25) is 15.9 Å². The fourth-order valence-corrected chi connectivity index (χ4v) is 4.99. The van der Waals surface area contributed by atoms with Gasteiger partial charge >= 0.3 is 0 Å². The largest absolute Gasteiger partial charge is 0.380 e. The molecule has 2 unspecified atom stereocenters. The number of rotatable bonds is 4. The van der Waals surface area contributed by atoms with Gasteiger partial charge < -0.3 is 9.64 Å². The average molecular weight is 380 g/mol. The number of sulfonamides is 1. The van der Waals surface area contributed by atoms with Gasteiger partial charge in [0, 0.05) is 32.3 Å². The van der Waals surface area contributed by atoms with Crippen LogP contribution in [0, 0.1) is 0 Å². The first-order valence-electron chi connectivity index (χ1n) is 9.02. The summed E-state index contributed by atoms with van der Waals surface area (Å²) in [7, 11) is -3.55. The number of carbonyl (C=O) groups is 1. The van der Waals surface area contributed by atoms with Crippen molar-refractivity contribution in [2.75, 3.05) is 26.3 Å². The van der Waals surface area contributed by atoms with Crippen molar-refractivity contribution in [3.8, 4) is 0 Å². The van der Waals surface area contributed by atoms with Gasteiger partial charge in [-0.15, -0.1) is 0 Å². The highest BCUT2D eigenvalue weighted by molar-refractivity contribution is 7.89. The van der Waals surface area contributed by atoms with Crippen molar-refractivity contribution in [1.82, 2.24) is 20.5 Å². The summed E-state index contributed by atoms with van der Waals surface area (Å²) in [6.07, 6.45) is 2.15. The first-order valence-corrected chi connectivity index (χ1v) is 10.5. The maximum absolute atomic E-state index is 12.6. The molecule has 0 aromatic heterocycles. The SMILES string of the molecule is O=C(C1CCNN1)N1CCc2cc(S(=O)(=O)NC3CCOC3)ccc2C1. The zero-order valence-electron chi connectivity index (χ0n) is 14.5. The van der Waals surface area contributed by atoms with Gasteiger partial charge in [-0.25, -0.2) is 18.6 Å². The molecule has 142 valence electrons. The maximum Gasteiger partial charge on any atom is 0.241 e. The number of nitrogens with one attached hydrogen (secondary N) is 3. The topological polar surface area (TPSA) is 99.8 Å². The lowest BCUT2D eigenvalue weighted by molar-refractivity contribution is -0.134. The molecule has 3 aliphatic heterocycles. The molecule has 3 aliphatic rings. The first kappa shape index (κ1) is 17.9. The standard InChI is InChI=1S/C17H24N4O4S/c22-17(16-3-6-18-19-16)21-7-4-12-9-15(2-1-13(12)10-21)26(23,24)20-14-5-8-25-11-14/h1-2,9,14,16,18-20H,3-8,10-11H2. The van der Waals surface area contributed by atoms with E-state index in [1.165, 1.54) is 0 Å². The van der Waals surface area contributed by atoms with Crippen LogP contribution in [0.3, 0.4) is 0 Å². The van der Waals surface area contributed by atoms with Crippen molar-refractivity contribution >= 4 is 15.9 Å². The predicted molar refractivity (Wildman–Crippen MR) is 94.7 cm³/mol. The second kappa shape index (κ2) is 7.24. The Hall–Kier alpha value is -1.52. The van der Waals surface area contributed by atoms with Crippen molar-refractivity contribution < 1.29 is 17.9 Å². The van der Waals surface area contributed by atoms with Gasteiger partial charge in [-0.3, -0.25) is 10.2 Å². The minimum atomic E-state index is -3.55. The molecule has 0 bridgehead atoms. The fourth-order valence-electron chi connectivity index (χ4n) is 3.69. The van der Waals surface area contributed by atoms with Crippen molar-refractivity contribution in [2.45, 2.75) is 42.8 Å². The molecule has 4 rings (SSSR count). The van der Waals surface area contributed by atoms with Gasteiger partial charge in [0.05, 0.1) is 11.5 Å². The first-order chi connectivity index (χ1) is 12.5. The van der Waals surface area contributed by atoms with E-state index in [9.17, 15) is 13.2 Å². The van der Waals surface area contributed by atoms with Crippen LogP contribution >= 0.6 is 0 Å². The molecule has 2 saturated heterocycles. The third-order valence-electron chi connectivity index (χ3n) is 5.20. The van der Waals surface area contributed by atoms with Crippen LogP contribution in [0.4, 0.5) is 0 Å². The van der Waals surface area contributed by atoms with Gasteiger partial charge in [0.15, 0.2) is 0 Å². The Balaban J connectivity index is 1.47. The third-order valence-corrected chi connectivity index (χ3v) is 6.71. The van der Waals surface area contributed by atoms with Crippen molar-refractivity contribution in [3.05, 3.63) is 29.3 Å². The third kappa shape index (κ3) is 3.63. The van der Waals surface area contributed by atoms with Crippen LogP contribution in [0.25, 0.3) is 0 Å². The Morgan fingerprint density at radius 2 is 2.15 bits per heavy atom. The van der Waals surface area contributed by atoms with E-state index in [1.807, 2.05) is 11.0 Å². The van der Waals surface area contributed by atoms with Gasteiger partial charge in [-0.1, -0.05) is 6.07 Å². The molecule has 26 heavy (non-hydrogen) atoms. The van der Waals surface area contributed by atoms with Gasteiger partial charge in [0.25, 0.3) is 0 Å². The lowest BCUT2D eigenvalue weighted by Crippen LogP contribution is -2.47. The zero-order valence-corrected chi connectivity index (χ0v) is 15.3. The molecule has 0 aliphatic carbocycles. The molecule has 0 saturated carbocycles. The van der Waals surface area contributed by atoms with E-state index in [-0.39, 0.29) is 22.9 Å². The summed E-state index contributed by atoms with van der Waals surface area (Å²) in [6.45, 7) is 2.94. The molecule has 3 N–H and O–H groups in total. The van der Waals surface area contributed by atoms with Crippen LogP contribution < -0.4 is 15.6 Å². The minimum absolute atomic E-state index is 0.0975. The molecule has 0 spiro atoms. The summed E-state index contributed by atoms with van der Waals surface area (Å²) in [5, 5.41) is 0. The van der Waals surface area contributed by atoms with E-state index in [2.05, 4.69) is 15.6 Å². The number of benzene rings is 1. The molecular formula is C17H24N4O4S. The highest BCUT2D eigenvalue weighted by atomic mass is 32.2. The smallest absolute Gasteiger partial charge is 0.241 e. The average Bonchev–Trinajstić information content (AvgIpc) is 3.33. The molecule has 9 heteroatoms. The molecule has 2 atom stereocenters. The molecule has 1 amide bonds. The second-order valence-electron chi connectivity index (χ2n) is 7.03. The number of fused-ring (bicyclic) bond motifs is 1. The Bertz CT molecular complexity index is 786. The Morgan fingerprint density at radius 3 is 2.88 bits per heavy atom. The van der Waals surface area contributed by atoms with E-state index in [4.69, 9.17) is 4.74 Å². The highest BCUT2D eigenvalue weighted by Gasteiger charge is 2.30. The van der Waals surface area contributed by atoms with Gasteiger partial charge in [0.1, 0.15) is 6.04 Å². The van der Waals surface area contributed by atoms with Gasteiger partial charge in [-0.2, -0.15) is 0 Å². The quantitative estimate of drug-likeness (QED) is 0.652. The van der Waals surface area contributed by atoms with Crippen LogP contribution in [0.2, 0.25) is 0 Å². The van der Waals surface area contributed by atoms with E-state index in [1.54, 1.807) is 12.1 Å². The predicted octanol–water partition coefficient (Wildman–Crippen LogP) is -0.495. The summed E-state index contributed by atoms with van der Waals surface area (Å²) in [4.78, 5) is 14.7. The number of amides is 1. The molecular weight excluding hydrogens is 356 g/mol. The van der Waals surface area contributed by atoms with Crippen molar-refractivity contribution in [3.63, 3.8) is 0 Å². The number of hydrazine groups is 1. The van der Waals surface area contributed by atoms with Crippen molar-refractivity contribution in [1.29, 1.82) is 0 Å². The summed E-state index contributed by atoms with van der Waals surface area (Å²) >= 11 is 0. The monoisotopic (exact) mass is 380 g/mol. The number of carbonyl (C=O) groups excluding carboxylic acids is 1. The zero-order chi connectivity index (χ0) is 18.1. The number of ether oxygens (including phenoxy) is 1.